The zero-order valence-electron chi connectivity index (χ0n) is 13.4. The van der Waals surface area contributed by atoms with Crippen molar-refractivity contribution < 1.29 is 14.8 Å². The Bertz CT molecular complexity index is 812. The van der Waals surface area contributed by atoms with Crippen molar-refractivity contribution in [2.24, 2.45) is 5.16 Å². The van der Waals surface area contributed by atoms with Gasteiger partial charge in [-0.05, 0) is 50.5 Å². The van der Waals surface area contributed by atoms with Crippen LogP contribution >= 0.6 is 23.4 Å². The molecule has 0 radical (unpaired) electrons. The average molecular weight is 365 g/mol. The Morgan fingerprint density at radius 3 is 2.67 bits per heavy atom. The molecule has 0 fully saturated rings. The molecule has 1 aliphatic carbocycles. The van der Waals surface area contributed by atoms with Crippen molar-refractivity contribution in [1.29, 1.82) is 0 Å². The fourth-order valence-electron chi connectivity index (χ4n) is 2.88. The molecule has 0 aliphatic heterocycles. The first-order chi connectivity index (χ1) is 11.5. The van der Waals surface area contributed by atoms with Crippen LogP contribution < -0.4 is 4.84 Å². The van der Waals surface area contributed by atoms with Crippen LogP contribution in [-0.2, 0) is 11.2 Å². The summed E-state index contributed by atoms with van der Waals surface area (Å²) >= 11 is 7.49. The Kier molecular flexibility index (Phi) is 4.87. The van der Waals surface area contributed by atoms with Gasteiger partial charge in [0.25, 0.3) is 0 Å². The van der Waals surface area contributed by atoms with Crippen molar-refractivity contribution in [3.8, 4) is 0 Å². The molecule has 0 bridgehead atoms. The van der Waals surface area contributed by atoms with E-state index in [-0.39, 0.29) is 5.97 Å². The summed E-state index contributed by atoms with van der Waals surface area (Å²) in [5.74, 6) is -0.382. The Morgan fingerprint density at radius 1 is 1.33 bits per heavy atom. The number of aromatic nitrogens is 1. The Balaban J connectivity index is 2.11. The molecule has 7 heteroatoms. The minimum Gasteiger partial charge on any atom is -0.411 e. The molecule has 2 aromatic rings. The molecule has 0 saturated heterocycles. The minimum atomic E-state index is -0.382. The van der Waals surface area contributed by atoms with Crippen molar-refractivity contribution in [2.75, 3.05) is 0 Å². The summed E-state index contributed by atoms with van der Waals surface area (Å²) in [4.78, 5) is 18.8. The van der Waals surface area contributed by atoms with E-state index in [0.29, 0.717) is 17.2 Å². The number of carbonyl (C=O) groups is 1. The highest BCUT2D eigenvalue weighted by molar-refractivity contribution is 7.99. The molecule has 126 valence electrons. The topological polar surface area (TPSA) is 63.8 Å². The van der Waals surface area contributed by atoms with Crippen LogP contribution in [0.4, 0.5) is 0 Å². The van der Waals surface area contributed by atoms with Crippen LogP contribution in [0.15, 0.2) is 39.2 Å². The van der Waals surface area contributed by atoms with Gasteiger partial charge in [0.05, 0.1) is 17.1 Å². The molecule has 1 aromatic heterocycles. The number of halogens is 1. The van der Waals surface area contributed by atoms with E-state index in [4.69, 9.17) is 16.4 Å². The molecule has 1 aromatic carbocycles. The maximum absolute atomic E-state index is 11.5. The molecule has 0 amide bonds. The van der Waals surface area contributed by atoms with Gasteiger partial charge in [0.15, 0.2) is 0 Å². The molecule has 0 saturated carbocycles. The molecule has 3 rings (SSSR count). The third-order valence-electron chi connectivity index (χ3n) is 3.88. The standard InChI is InChI=1S/C17H17ClN2O3S/c1-10-17(24-13-8-6-12(18)7-9-13)16-14(19-22)4-3-5-15(16)20(10)23-11(2)21/h6-9,22H,3-5H2,1-2H3/b19-14-. The van der Waals surface area contributed by atoms with Crippen LogP contribution in [-0.4, -0.2) is 21.6 Å². The first-order valence-corrected chi connectivity index (χ1v) is 8.78. The fourth-order valence-corrected chi connectivity index (χ4v) is 4.08. The van der Waals surface area contributed by atoms with E-state index in [9.17, 15) is 10.0 Å². The fraction of sp³-hybridized carbons (Fsp3) is 0.294. The molecular weight excluding hydrogens is 348 g/mol. The zero-order valence-corrected chi connectivity index (χ0v) is 14.9. The lowest BCUT2D eigenvalue weighted by Gasteiger charge is -2.16. The second-order valence-corrected chi connectivity index (χ2v) is 7.09. The number of oxime groups is 1. The second kappa shape index (κ2) is 6.91. The molecule has 1 aliphatic rings. The van der Waals surface area contributed by atoms with Gasteiger partial charge in [-0.3, -0.25) is 0 Å². The number of hydrogen-bond acceptors (Lipinski definition) is 5. The van der Waals surface area contributed by atoms with Gasteiger partial charge in [-0.25, -0.2) is 4.79 Å². The average Bonchev–Trinajstić information content (AvgIpc) is 2.82. The van der Waals surface area contributed by atoms with E-state index in [1.54, 1.807) is 16.5 Å². The summed E-state index contributed by atoms with van der Waals surface area (Å²) in [5, 5.41) is 13.5. The summed E-state index contributed by atoms with van der Waals surface area (Å²) < 4.78 is 1.57. The highest BCUT2D eigenvalue weighted by Gasteiger charge is 2.29. The number of benzene rings is 1. The number of fused-ring (bicyclic) bond motifs is 1. The third kappa shape index (κ3) is 3.16. The highest BCUT2D eigenvalue weighted by atomic mass is 35.5. The normalized spacial score (nSPS) is 15.4. The second-order valence-electron chi connectivity index (χ2n) is 5.57. The molecule has 1 heterocycles. The van der Waals surface area contributed by atoms with Crippen LogP contribution in [0.25, 0.3) is 0 Å². The monoisotopic (exact) mass is 364 g/mol. The van der Waals surface area contributed by atoms with Crippen molar-refractivity contribution >= 4 is 35.0 Å². The van der Waals surface area contributed by atoms with Crippen LogP contribution in [0.2, 0.25) is 5.02 Å². The van der Waals surface area contributed by atoms with E-state index in [2.05, 4.69) is 5.16 Å². The van der Waals surface area contributed by atoms with E-state index in [1.165, 1.54) is 6.92 Å². The van der Waals surface area contributed by atoms with Crippen molar-refractivity contribution in [1.82, 2.24) is 4.73 Å². The number of hydrogen-bond donors (Lipinski definition) is 1. The molecule has 0 unspecified atom stereocenters. The van der Waals surface area contributed by atoms with Gasteiger partial charge in [0, 0.05) is 27.3 Å². The minimum absolute atomic E-state index is 0.382. The van der Waals surface area contributed by atoms with Gasteiger partial charge in [0.2, 0.25) is 0 Å². The van der Waals surface area contributed by atoms with Crippen LogP contribution in [0.3, 0.4) is 0 Å². The van der Waals surface area contributed by atoms with E-state index in [1.807, 2.05) is 31.2 Å². The lowest BCUT2D eigenvalue weighted by atomic mass is 9.96. The highest BCUT2D eigenvalue weighted by Crippen LogP contribution is 2.40. The maximum Gasteiger partial charge on any atom is 0.329 e. The van der Waals surface area contributed by atoms with E-state index < -0.39 is 0 Å². The predicted molar refractivity (Wildman–Crippen MR) is 93.3 cm³/mol. The van der Waals surface area contributed by atoms with Crippen LogP contribution in [0.5, 0.6) is 0 Å². The quantitative estimate of drug-likeness (QED) is 0.658. The number of carbonyl (C=O) groups excluding carboxylic acids is 1. The molecule has 5 nitrogen and oxygen atoms in total. The van der Waals surface area contributed by atoms with Crippen molar-refractivity contribution in [3.05, 3.63) is 46.2 Å². The Labute approximate surface area is 149 Å². The molecular formula is C17H17ClN2O3S. The van der Waals surface area contributed by atoms with Gasteiger partial charge in [-0.1, -0.05) is 28.5 Å². The Morgan fingerprint density at radius 2 is 2.04 bits per heavy atom. The van der Waals surface area contributed by atoms with Crippen LogP contribution in [0.1, 0.15) is 36.7 Å². The molecule has 24 heavy (non-hydrogen) atoms. The zero-order chi connectivity index (χ0) is 17.3. The smallest absolute Gasteiger partial charge is 0.329 e. The van der Waals surface area contributed by atoms with Gasteiger partial charge >= 0.3 is 5.97 Å². The molecule has 1 N–H and O–H groups in total. The lowest BCUT2D eigenvalue weighted by Crippen LogP contribution is -2.22. The third-order valence-corrected chi connectivity index (χ3v) is 5.35. The maximum atomic E-state index is 11.5. The van der Waals surface area contributed by atoms with Crippen molar-refractivity contribution in [3.63, 3.8) is 0 Å². The predicted octanol–water partition coefficient (Wildman–Crippen LogP) is 4.09. The first kappa shape index (κ1) is 16.9. The van der Waals surface area contributed by atoms with E-state index >= 15 is 0 Å². The summed E-state index contributed by atoms with van der Waals surface area (Å²) in [5.41, 5.74) is 3.18. The summed E-state index contributed by atoms with van der Waals surface area (Å²) in [6.07, 6.45) is 2.31. The molecule has 0 spiro atoms. The van der Waals surface area contributed by atoms with Gasteiger partial charge in [-0.15, -0.1) is 0 Å². The van der Waals surface area contributed by atoms with Gasteiger partial charge < -0.3 is 10.0 Å². The SMILES string of the molecule is CC(=O)On1c(C)c(Sc2ccc(Cl)cc2)c2c1CCC/C2=N/O. The summed E-state index contributed by atoms with van der Waals surface area (Å²) in [7, 11) is 0. The van der Waals surface area contributed by atoms with E-state index in [0.717, 1.165) is 39.6 Å². The van der Waals surface area contributed by atoms with Gasteiger partial charge in [0.1, 0.15) is 0 Å². The van der Waals surface area contributed by atoms with Crippen molar-refractivity contribution in [2.45, 2.75) is 42.9 Å². The lowest BCUT2D eigenvalue weighted by molar-refractivity contribution is -0.142. The molecule has 0 atom stereocenters. The van der Waals surface area contributed by atoms with Crippen LogP contribution in [0, 0.1) is 6.92 Å². The first-order valence-electron chi connectivity index (χ1n) is 7.59. The number of rotatable bonds is 3. The number of nitrogens with zero attached hydrogens (tertiary/aromatic N) is 2. The summed E-state index contributed by atoms with van der Waals surface area (Å²) in [6, 6.07) is 7.52. The summed E-state index contributed by atoms with van der Waals surface area (Å²) in [6.45, 7) is 3.27. The largest absolute Gasteiger partial charge is 0.411 e. The Hall–Kier alpha value is -1.92. The van der Waals surface area contributed by atoms with Gasteiger partial charge in [-0.2, -0.15) is 4.73 Å².